The number of imide groups is 1. The maximum absolute atomic E-state index is 11.8. The maximum Gasteiger partial charge on any atom is 0.321 e. The molecule has 0 radical (unpaired) electrons. The molecule has 0 heterocycles. The lowest BCUT2D eigenvalue weighted by molar-refractivity contribution is -0.147. The van der Waals surface area contributed by atoms with Crippen molar-refractivity contribution in [2.24, 2.45) is 0 Å². The number of hydrogen-bond donors (Lipinski definition) is 2. The highest BCUT2D eigenvalue weighted by Gasteiger charge is 2.15. The molecule has 0 unspecified atom stereocenters. The second-order valence-electron chi connectivity index (χ2n) is 4.54. The van der Waals surface area contributed by atoms with E-state index in [-0.39, 0.29) is 6.42 Å². The standard InChI is InChI=1S/C15H19BrN2O6/c1-4-17-15(21)18-13(19)8-24-14(20)6-9-5-11(22-2)12(23-3)7-10(9)16/h5,7H,4,6,8H2,1-3H3,(H2,17,18,19,21). The molecule has 0 aromatic heterocycles. The van der Waals surface area contributed by atoms with Crippen LogP contribution in [0.5, 0.6) is 11.5 Å². The first kappa shape index (κ1) is 19.8. The number of hydrogen-bond acceptors (Lipinski definition) is 6. The van der Waals surface area contributed by atoms with E-state index < -0.39 is 24.5 Å². The zero-order valence-electron chi connectivity index (χ0n) is 13.6. The number of halogens is 1. The van der Waals surface area contributed by atoms with E-state index in [1.807, 2.05) is 5.32 Å². The minimum Gasteiger partial charge on any atom is -0.493 e. The predicted molar refractivity (Wildman–Crippen MR) is 89.1 cm³/mol. The van der Waals surface area contributed by atoms with Crippen LogP contribution in [0, 0.1) is 0 Å². The fourth-order valence-electron chi connectivity index (χ4n) is 1.75. The van der Waals surface area contributed by atoms with Crippen LogP contribution in [0.2, 0.25) is 0 Å². The highest BCUT2D eigenvalue weighted by Crippen LogP contribution is 2.33. The third-order valence-electron chi connectivity index (χ3n) is 2.84. The number of urea groups is 1. The molecule has 0 aliphatic carbocycles. The number of nitrogens with one attached hydrogen (secondary N) is 2. The van der Waals surface area contributed by atoms with Gasteiger partial charge in [0, 0.05) is 11.0 Å². The van der Waals surface area contributed by atoms with Gasteiger partial charge in [0.2, 0.25) is 0 Å². The summed E-state index contributed by atoms with van der Waals surface area (Å²) in [5, 5.41) is 4.42. The van der Waals surface area contributed by atoms with Crippen molar-refractivity contribution in [3.8, 4) is 11.5 Å². The highest BCUT2D eigenvalue weighted by atomic mass is 79.9. The molecule has 132 valence electrons. The van der Waals surface area contributed by atoms with Crippen LogP contribution in [-0.2, 0) is 20.7 Å². The molecule has 0 atom stereocenters. The van der Waals surface area contributed by atoms with E-state index in [1.54, 1.807) is 19.1 Å². The summed E-state index contributed by atoms with van der Waals surface area (Å²) in [4.78, 5) is 34.4. The second-order valence-corrected chi connectivity index (χ2v) is 5.40. The minimum atomic E-state index is -0.708. The van der Waals surface area contributed by atoms with Gasteiger partial charge >= 0.3 is 12.0 Å². The highest BCUT2D eigenvalue weighted by molar-refractivity contribution is 9.10. The summed E-state index contributed by atoms with van der Waals surface area (Å²) >= 11 is 3.33. The van der Waals surface area contributed by atoms with E-state index in [0.717, 1.165) is 0 Å². The van der Waals surface area contributed by atoms with E-state index in [2.05, 4.69) is 21.2 Å². The first-order chi connectivity index (χ1) is 11.4. The largest absolute Gasteiger partial charge is 0.493 e. The molecule has 3 amide bonds. The summed E-state index contributed by atoms with van der Waals surface area (Å²) in [7, 11) is 2.99. The lowest BCUT2D eigenvalue weighted by Crippen LogP contribution is -2.41. The van der Waals surface area contributed by atoms with Gasteiger partial charge in [0.05, 0.1) is 20.6 Å². The average molecular weight is 403 g/mol. The predicted octanol–water partition coefficient (Wildman–Crippen LogP) is 1.40. The molecule has 0 spiro atoms. The van der Waals surface area contributed by atoms with Crippen molar-refractivity contribution >= 4 is 33.8 Å². The quantitative estimate of drug-likeness (QED) is 0.668. The van der Waals surface area contributed by atoms with Crippen LogP contribution in [-0.4, -0.2) is 45.3 Å². The Morgan fingerprint density at radius 2 is 1.75 bits per heavy atom. The van der Waals surface area contributed by atoms with Crippen molar-refractivity contribution in [1.82, 2.24) is 10.6 Å². The Hall–Kier alpha value is -2.29. The van der Waals surface area contributed by atoms with Gasteiger partial charge in [-0.25, -0.2) is 4.79 Å². The molecule has 0 bridgehead atoms. The summed E-state index contributed by atoms with van der Waals surface area (Å²) in [6, 6.07) is 2.67. The monoisotopic (exact) mass is 402 g/mol. The number of ether oxygens (including phenoxy) is 3. The molecule has 0 saturated heterocycles. The van der Waals surface area contributed by atoms with Gasteiger partial charge < -0.3 is 19.5 Å². The minimum absolute atomic E-state index is 0.0740. The molecule has 0 aliphatic rings. The third kappa shape index (κ3) is 6.07. The summed E-state index contributed by atoms with van der Waals surface area (Å²) in [6.45, 7) is 1.55. The van der Waals surface area contributed by atoms with Gasteiger partial charge in [-0.1, -0.05) is 15.9 Å². The molecule has 24 heavy (non-hydrogen) atoms. The van der Waals surface area contributed by atoms with Gasteiger partial charge in [-0.05, 0) is 24.6 Å². The molecule has 1 rings (SSSR count). The van der Waals surface area contributed by atoms with E-state index in [4.69, 9.17) is 14.2 Å². The Labute approximate surface area is 148 Å². The van der Waals surface area contributed by atoms with Gasteiger partial charge in [0.1, 0.15) is 0 Å². The van der Waals surface area contributed by atoms with Crippen LogP contribution in [0.3, 0.4) is 0 Å². The number of methoxy groups -OCH3 is 2. The van der Waals surface area contributed by atoms with Crippen LogP contribution >= 0.6 is 15.9 Å². The van der Waals surface area contributed by atoms with Crippen LogP contribution < -0.4 is 20.1 Å². The zero-order valence-corrected chi connectivity index (χ0v) is 15.2. The average Bonchev–Trinajstić information content (AvgIpc) is 2.54. The first-order valence-corrected chi connectivity index (χ1v) is 7.84. The molecular formula is C15H19BrN2O6. The normalized spacial score (nSPS) is 9.83. The first-order valence-electron chi connectivity index (χ1n) is 7.04. The van der Waals surface area contributed by atoms with E-state index in [0.29, 0.717) is 28.1 Å². The Kier molecular flexibility index (Phi) is 8.03. The zero-order chi connectivity index (χ0) is 18.1. The summed E-state index contributed by atoms with van der Waals surface area (Å²) in [5.74, 6) is -0.338. The Bertz CT molecular complexity index is 620. The molecular weight excluding hydrogens is 384 g/mol. The molecule has 9 heteroatoms. The molecule has 8 nitrogen and oxygen atoms in total. The van der Waals surface area contributed by atoms with Crippen LogP contribution in [0.25, 0.3) is 0 Å². The summed E-state index contributed by atoms with van der Waals surface area (Å²) < 4.78 is 15.8. The van der Waals surface area contributed by atoms with Crippen molar-refractivity contribution in [3.05, 3.63) is 22.2 Å². The summed E-state index contributed by atoms with van der Waals surface area (Å²) in [5.41, 5.74) is 0.613. The molecule has 0 aliphatic heterocycles. The van der Waals surface area contributed by atoms with E-state index >= 15 is 0 Å². The molecule has 0 saturated carbocycles. The van der Waals surface area contributed by atoms with Crippen molar-refractivity contribution in [2.75, 3.05) is 27.4 Å². The summed E-state index contributed by atoms with van der Waals surface area (Å²) in [6.07, 6.45) is -0.0740. The third-order valence-corrected chi connectivity index (χ3v) is 3.58. The molecule has 1 aromatic rings. The number of carbonyl (C=O) groups is 3. The van der Waals surface area contributed by atoms with Crippen molar-refractivity contribution in [2.45, 2.75) is 13.3 Å². The number of benzene rings is 1. The van der Waals surface area contributed by atoms with Crippen molar-refractivity contribution in [1.29, 1.82) is 0 Å². The van der Waals surface area contributed by atoms with Gasteiger partial charge in [-0.3, -0.25) is 14.9 Å². The van der Waals surface area contributed by atoms with Gasteiger partial charge in [-0.15, -0.1) is 0 Å². The number of esters is 1. The Morgan fingerprint density at radius 1 is 1.12 bits per heavy atom. The fraction of sp³-hybridized carbons (Fsp3) is 0.400. The molecule has 2 N–H and O–H groups in total. The second kappa shape index (κ2) is 9.76. The van der Waals surface area contributed by atoms with Crippen LogP contribution in [0.1, 0.15) is 12.5 Å². The van der Waals surface area contributed by atoms with E-state index in [1.165, 1.54) is 14.2 Å². The lowest BCUT2D eigenvalue weighted by Gasteiger charge is -2.12. The number of amides is 3. The SMILES string of the molecule is CCNC(=O)NC(=O)COC(=O)Cc1cc(OC)c(OC)cc1Br. The number of carbonyl (C=O) groups excluding carboxylic acids is 3. The molecule has 1 aromatic carbocycles. The maximum atomic E-state index is 11.8. The van der Waals surface area contributed by atoms with E-state index in [9.17, 15) is 14.4 Å². The smallest absolute Gasteiger partial charge is 0.321 e. The van der Waals surface area contributed by atoms with Crippen LogP contribution in [0.4, 0.5) is 4.79 Å². The topological polar surface area (TPSA) is 103 Å². The van der Waals surface area contributed by atoms with Crippen molar-refractivity contribution < 1.29 is 28.6 Å². The number of rotatable bonds is 7. The fourth-order valence-corrected chi connectivity index (χ4v) is 2.21. The van der Waals surface area contributed by atoms with Gasteiger partial charge in [0.25, 0.3) is 5.91 Å². The van der Waals surface area contributed by atoms with Gasteiger partial charge in [-0.2, -0.15) is 0 Å². The van der Waals surface area contributed by atoms with Gasteiger partial charge in [0.15, 0.2) is 18.1 Å². The van der Waals surface area contributed by atoms with Crippen molar-refractivity contribution in [3.63, 3.8) is 0 Å². The Balaban J connectivity index is 2.59. The molecule has 0 fully saturated rings. The Morgan fingerprint density at radius 3 is 2.33 bits per heavy atom. The van der Waals surface area contributed by atoms with Crippen LogP contribution in [0.15, 0.2) is 16.6 Å². The lowest BCUT2D eigenvalue weighted by atomic mass is 10.1.